The van der Waals surface area contributed by atoms with Crippen molar-refractivity contribution < 1.29 is 13.2 Å². The highest BCUT2D eigenvalue weighted by Gasteiger charge is 2.22. The zero-order valence-electron chi connectivity index (χ0n) is 8.58. The second-order valence-corrected chi connectivity index (χ2v) is 6.46. The molecule has 0 saturated carbocycles. The average molecular weight is 268 g/mol. The molecular weight excluding hydrogens is 260 g/mol. The Bertz CT molecular complexity index is 703. The lowest BCUT2D eigenvalue weighted by molar-refractivity contribution is 0.567. The molecule has 88 valence electrons. The highest BCUT2D eigenvalue weighted by Crippen LogP contribution is 2.25. The molecule has 0 radical (unpaired) electrons. The highest BCUT2D eigenvalue weighted by atomic mass is 32.3. The number of rotatable bonds is 1. The van der Waals surface area contributed by atoms with Crippen LogP contribution in [0.25, 0.3) is 10.9 Å². The van der Waals surface area contributed by atoms with Crippen molar-refractivity contribution in [2.24, 2.45) is 4.40 Å². The number of H-pyrrole nitrogens is 1. The SMILES string of the molecule is O=S1(=O)CSC(Oc2ccc3[nH]ccc3c2)=N1. The standard InChI is InChI=1S/C10H8N2O3S2/c13-17(14)6-16-10(12-17)15-8-1-2-9-7(5-8)3-4-11-9/h1-5,11H,6H2. The van der Waals surface area contributed by atoms with Gasteiger partial charge in [0.2, 0.25) is 0 Å². The summed E-state index contributed by atoms with van der Waals surface area (Å²) in [7, 11) is -3.33. The second kappa shape index (κ2) is 3.78. The van der Waals surface area contributed by atoms with E-state index in [1.807, 2.05) is 24.4 Å². The van der Waals surface area contributed by atoms with E-state index in [1.54, 1.807) is 6.07 Å². The largest absolute Gasteiger partial charge is 0.433 e. The van der Waals surface area contributed by atoms with E-state index in [9.17, 15) is 8.42 Å². The van der Waals surface area contributed by atoms with Gasteiger partial charge >= 0.3 is 0 Å². The van der Waals surface area contributed by atoms with Gasteiger partial charge < -0.3 is 9.72 Å². The van der Waals surface area contributed by atoms with Gasteiger partial charge in [-0.05, 0) is 36.0 Å². The summed E-state index contributed by atoms with van der Waals surface area (Å²) < 4.78 is 31.1. The van der Waals surface area contributed by atoms with Gasteiger partial charge in [0.05, 0.1) is 0 Å². The number of hydrogen-bond acceptors (Lipinski definition) is 4. The molecule has 0 bridgehead atoms. The van der Waals surface area contributed by atoms with Crippen molar-refractivity contribution in [3.8, 4) is 5.75 Å². The van der Waals surface area contributed by atoms with Gasteiger partial charge in [-0.1, -0.05) is 0 Å². The first-order valence-electron chi connectivity index (χ1n) is 4.83. The molecule has 0 spiro atoms. The van der Waals surface area contributed by atoms with E-state index in [0.29, 0.717) is 5.75 Å². The lowest BCUT2D eigenvalue weighted by Gasteiger charge is -2.02. The molecule has 3 rings (SSSR count). The second-order valence-electron chi connectivity index (χ2n) is 3.53. The van der Waals surface area contributed by atoms with Gasteiger partial charge in [0.1, 0.15) is 10.8 Å². The van der Waals surface area contributed by atoms with Crippen LogP contribution in [0.2, 0.25) is 0 Å². The molecule has 17 heavy (non-hydrogen) atoms. The number of fused-ring (bicyclic) bond motifs is 1. The molecule has 1 aromatic carbocycles. The number of hydrogen-bond donors (Lipinski definition) is 1. The van der Waals surface area contributed by atoms with Gasteiger partial charge in [0, 0.05) is 17.1 Å². The van der Waals surface area contributed by atoms with E-state index in [2.05, 4.69) is 9.38 Å². The fraction of sp³-hybridized carbons (Fsp3) is 0.100. The molecule has 1 aliphatic rings. The number of nitrogens with one attached hydrogen (secondary N) is 1. The molecule has 5 nitrogen and oxygen atoms in total. The predicted octanol–water partition coefficient (Wildman–Crippen LogP) is 1.94. The van der Waals surface area contributed by atoms with Gasteiger partial charge in [0.15, 0.2) is 0 Å². The Kier molecular flexibility index (Phi) is 2.37. The van der Waals surface area contributed by atoms with Crippen molar-refractivity contribution in [1.82, 2.24) is 4.98 Å². The first-order valence-corrected chi connectivity index (χ1v) is 7.42. The normalized spacial score (nSPS) is 18.2. The third kappa shape index (κ3) is 2.16. The molecular formula is C10H8N2O3S2. The van der Waals surface area contributed by atoms with Crippen molar-refractivity contribution in [3.63, 3.8) is 0 Å². The van der Waals surface area contributed by atoms with Gasteiger partial charge in [-0.2, -0.15) is 0 Å². The van der Waals surface area contributed by atoms with Gasteiger partial charge in [-0.25, -0.2) is 8.42 Å². The third-order valence-electron chi connectivity index (χ3n) is 2.27. The fourth-order valence-electron chi connectivity index (χ4n) is 1.53. The Hall–Kier alpha value is -1.47. The molecule has 0 unspecified atom stereocenters. The number of ether oxygens (including phenoxy) is 1. The summed E-state index contributed by atoms with van der Waals surface area (Å²) >= 11 is 1.08. The highest BCUT2D eigenvalue weighted by molar-refractivity contribution is 8.24. The molecule has 1 aliphatic heterocycles. The maximum atomic E-state index is 11.1. The lowest BCUT2D eigenvalue weighted by atomic mass is 10.2. The van der Waals surface area contributed by atoms with Crippen molar-refractivity contribution >= 4 is 37.9 Å². The van der Waals surface area contributed by atoms with Gasteiger partial charge in [-0.15, -0.1) is 4.40 Å². The number of benzene rings is 1. The monoisotopic (exact) mass is 268 g/mol. The Labute approximate surface area is 102 Å². The molecule has 0 fully saturated rings. The number of thioether (sulfide) groups is 1. The van der Waals surface area contributed by atoms with Crippen molar-refractivity contribution in [2.45, 2.75) is 0 Å². The van der Waals surface area contributed by atoms with Crippen molar-refractivity contribution in [2.75, 3.05) is 5.08 Å². The Morgan fingerprint density at radius 2 is 2.24 bits per heavy atom. The summed E-state index contributed by atoms with van der Waals surface area (Å²) in [6.45, 7) is 0. The number of aromatic nitrogens is 1. The van der Waals surface area contributed by atoms with Crippen LogP contribution in [-0.2, 0) is 10.0 Å². The Morgan fingerprint density at radius 1 is 1.35 bits per heavy atom. The maximum absolute atomic E-state index is 11.1. The minimum Gasteiger partial charge on any atom is -0.433 e. The Morgan fingerprint density at radius 3 is 3.00 bits per heavy atom. The van der Waals surface area contributed by atoms with Crippen LogP contribution in [-0.4, -0.2) is 23.7 Å². The van der Waals surface area contributed by atoms with Crippen LogP contribution in [0.3, 0.4) is 0 Å². The van der Waals surface area contributed by atoms with E-state index in [0.717, 1.165) is 22.7 Å². The topological polar surface area (TPSA) is 71.5 Å². The number of nitrogens with zero attached hydrogens (tertiary/aromatic N) is 1. The first-order chi connectivity index (χ1) is 8.12. The molecule has 0 saturated heterocycles. The van der Waals surface area contributed by atoms with Gasteiger partial charge in [0.25, 0.3) is 15.3 Å². The lowest BCUT2D eigenvalue weighted by Crippen LogP contribution is -2.00. The Balaban J connectivity index is 1.90. The average Bonchev–Trinajstić information content (AvgIpc) is 2.84. The van der Waals surface area contributed by atoms with E-state index in [-0.39, 0.29) is 10.3 Å². The summed E-state index contributed by atoms with van der Waals surface area (Å²) in [5.74, 6) is 0.584. The van der Waals surface area contributed by atoms with Crippen LogP contribution in [0.5, 0.6) is 5.75 Å². The zero-order valence-corrected chi connectivity index (χ0v) is 10.2. The van der Waals surface area contributed by atoms with Crippen LogP contribution in [0.4, 0.5) is 0 Å². The van der Waals surface area contributed by atoms with Crippen molar-refractivity contribution in [3.05, 3.63) is 30.5 Å². The van der Waals surface area contributed by atoms with Crippen LogP contribution < -0.4 is 4.74 Å². The summed E-state index contributed by atoms with van der Waals surface area (Å²) in [6, 6.07) is 7.40. The fourth-order valence-corrected chi connectivity index (χ4v) is 3.72. The number of aromatic amines is 1. The first kappa shape index (κ1) is 10.7. The van der Waals surface area contributed by atoms with E-state index < -0.39 is 10.0 Å². The van der Waals surface area contributed by atoms with E-state index in [4.69, 9.17) is 4.74 Å². The minimum atomic E-state index is -3.33. The quantitative estimate of drug-likeness (QED) is 0.858. The third-order valence-corrected chi connectivity index (χ3v) is 4.92. The molecule has 2 aromatic rings. The van der Waals surface area contributed by atoms with E-state index in [1.165, 1.54) is 0 Å². The van der Waals surface area contributed by atoms with Crippen LogP contribution in [0.1, 0.15) is 0 Å². The van der Waals surface area contributed by atoms with Crippen molar-refractivity contribution in [1.29, 1.82) is 0 Å². The molecule has 0 amide bonds. The summed E-state index contributed by atoms with van der Waals surface area (Å²) in [6.07, 6.45) is 1.83. The number of sulfonamides is 1. The molecule has 1 N–H and O–H groups in total. The summed E-state index contributed by atoms with van der Waals surface area (Å²) in [4.78, 5) is 3.07. The van der Waals surface area contributed by atoms with Crippen LogP contribution in [0, 0.1) is 0 Å². The smallest absolute Gasteiger partial charge is 0.268 e. The molecule has 2 heterocycles. The maximum Gasteiger partial charge on any atom is 0.268 e. The zero-order chi connectivity index (χ0) is 11.9. The van der Waals surface area contributed by atoms with Gasteiger partial charge in [-0.3, -0.25) is 0 Å². The minimum absolute atomic E-state index is 0.0469. The van der Waals surface area contributed by atoms with E-state index >= 15 is 0 Å². The summed E-state index contributed by atoms with van der Waals surface area (Å²) in [5.41, 5.74) is 1.01. The van der Waals surface area contributed by atoms with Crippen LogP contribution in [0.15, 0.2) is 34.9 Å². The molecule has 0 aliphatic carbocycles. The molecule has 7 heteroatoms. The summed E-state index contributed by atoms with van der Waals surface area (Å²) in [5, 5.41) is 1.14. The molecule has 0 atom stereocenters. The van der Waals surface area contributed by atoms with Crippen LogP contribution >= 0.6 is 11.8 Å². The molecule has 1 aromatic heterocycles. The predicted molar refractivity (Wildman–Crippen MR) is 67.7 cm³/mol.